The van der Waals surface area contributed by atoms with Gasteiger partial charge in [-0.1, -0.05) is 152 Å². The van der Waals surface area contributed by atoms with E-state index in [2.05, 4.69) is 215 Å². The molecule has 0 unspecified atom stereocenters. The van der Waals surface area contributed by atoms with Gasteiger partial charge in [-0.3, -0.25) is 4.57 Å². The van der Waals surface area contributed by atoms with E-state index in [9.17, 15) is 0 Å². The number of para-hydroxylation sites is 1. The first kappa shape index (κ1) is 34.0. The molecule has 4 nitrogen and oxygen atoms in total. The van der Waals surface area contributed by atoms with Gasteiger partial charge in [0.15, 0.2) is 0 Å². The highest BCUT2D eigenvalue weighted by Gasteiger charge is 2.21. The van der Waals surface area contributed by atoms with Crippen molar-refractivity contribution in [2.24, 2.45) is 0 Å². The Labute approximate surface area is 354 Å². The van der Waals surface area contributed by atoms with Crippen LogP contribution in [-0.2, 0) is 0 Å². The van der Waals surface area contributed by atoms with Crippen LogP contribution in [0.25, 0.3) is 120 Å². The Morgan fingerprint density at radius 3 is 1.79 bits per heavy atom. The van der Waals surface area contributed by atoms with Crippen molar-refractivity contribution in [3.8, 4) is 44.5 Å². The third-order valence-corrected chi connectivity index (χ3v) is 13.5. The smallest absolute Gasteiger partial charge is 0.235 e. The van der Waals surface area contributed by atoms with Crippen LogP contribution in [0.1, 0.15) is 0 Å². The van der Waals surface area contributed by atoms with Gasteiger partial charge >= 0.3 is 0 Å². The summed E-state index contributed by atoms with van der Waals surface area (Å²) in [7, 11) is 0. The normalized spacial score (nSPS) is 11.9. The molecule has 0 spiro atoms. The number of hydrogen-bond acceptors (Lipinski definition) is 3. The standard InChI is InChI=1S/C56H34N4S/c1-4-15-36(16-5-1)52-34-47-55(61-52)54(37-17-6-2-7-18-37)58-56(57-47)60-48-28-26-40(31-45(48)46-30-38-19-10-11-20-39(38)32-51(46)60)41-24-27-44-50(33-41)59(42-21-8-3-9-22-42)49-29-25-35-14-12-13-23-43(35)53(44)49/h1-34H. The van der Waals surface area contributed by atoms with Crippen LogP contribution in [0.15, 0.2) is 206 Å². The number of aromatic nitrogens is 4. The minimum Gasteiger partial charge on any atom is -0.309 e. The van der Waals surface area contributed by atoms with Crippen molar-refractivity contribution >= 4 is 86.7 Å². The maximum Gasteiger partial charge on any atom is 0.235 e. The lowest BCUT2D eigenvalue weighted by atomic mass is 9.99. The molecule has 0 saturated heterocycles. The van der Waals surface area contributed by atoms with Crippen molar-refractivity contribution in [2.75, 3.05) is 0 Å². The predicted molar refractivity (Wildman–Crippen MR) is 257 cm³/mol. The molecule has 0 fully saturated rings. The molecule has 61 heavy (non-hydrogen) atoms. The van der Waals surface area contributed by atoms with Crippen LogP contribution in [0.2, 0.25) is 0 Å². The second kappa shape index (κ2) is 13.3. The molecule has 0 aliphatic carbocycles. The molecule has 13 aromatic rings. The van der Waals surface area contributed by atoms with Gasteiger partial charge in [-0.2, -0.15) is 0 Å². The van der Waals surface area contributed by atoms with Crippen LogP contribution in [0.5, 0.6) is 0 Å². The summed E-state index contributed by atoms with van der Waals surface area (Å²) in [4.78, 5) is 12.0. The Bertz CT molecular complexity index is 3860. The molecule has 9 aromatic carbocycles. The first-order valence-corrected chi connectivity index (χ1v) is 21.5. The summed E-state index contributed by atoms with van der Waals surface area (Å²) in [5.41, 5.74) is 12.1. The zero-order valence-corrected chi connectivity index (χ0v) is 33.6. The lowest BCUT2D eigenvalue weighted by Gasteiger charge is -2.11. The summed E-state index contributed by atoms with van der Waals surface area (Å²) in [6.07, 6.45) is 0. The first-order chi connectivity index (χ1) is 30.2. The molecule has 0 N–H and O–H groups in total. The topological polar surface area (TPSA) is 35.6 Å². The molecule has 0 aliphatic rings. The number of thiophene rings is 1. The SMILES string of the molecule is c1ccc(-c2cc3nc(-n4c5ccc(-c6ccc7c8c9ccccc9ccc8n(-c8ccccc8)c7c6)cc5c5cc6ccccc6cc54)nc(-c4ccccc4)c3s2)cc1. The minimum absolute atomic E-state index is 0.660. The molecule has 4 heterocycles. The Morgan fingerprint density at radius 1 is 0.361 bits per heavy atom. The summed E-state index contributed by atoms with van der Waals surface area (Å²) in [6.45, 7) is 0. The zero-order valence-electron chi connectivity index (χ0n) is 32.8. The van der Waals surface area contributed by atoms with Gasteiger partial charge in [-0.25, -0.2) is 9.97 Å². The van der Waals surface area contributed by atoms with Crippen molar-refractivity contribution in [3.63, 3.8) is 0 Å². The van der Waals surface area contributed by atoms with E-state index in [1.54, 1.807) is 11.3 Å². The van der Waals surface area contributed by atoms with E-state index in [1.807, 2.05) is 0 Å². The monoisotopic (exact) mass is 794 g/mol. The summed E-state index contributed by atoms with van der Waals surface area (Å²) in [6, 6.07) is 74.4. The highest BCUT2D eigenvalue weighted by Crippen LogP contribution is 2.43. The predicted octanol–water partition coefficient (Wildman–Crippen LogP) is 15.2. The first-order valence-electron chi connectivity index (χ1n) is 20.6. The van der Waals surface area contributed by atoms with E-state index in [0.29, 0.717) is 5.95 Å². The van der Waals surface area contributed by atoms with E-state index in [4.69, 9.17) is 9.97 Å². The largest absolute Gasteiger partial charge is 0.309 e. The molecule has 0 aliphatic heterocycles. The van der Waals surface area contributed by atoms with E-state index >= 15 is 0 Å². The Hall–Kier alpha value is -7.86. The van der Waals surface area contributed by atoms with Crippen molar-refractivity contribution < 1.29 is 0 Å². The van der Waals surface area contributed by atoms with E-state index in [1.165, 1.54) is 59.2 Å². The number of rotatable bonds is 5. The van der Waals surface area contributed by atoms with Gasteiger partial charge in [0.1, 0.15) is 0 Å². The number of fused-ring (bicyclic) bond motifs is 10. The Morgan fingerprint density at radius 2 is 0.984 bits per heavy atom. The second-order valence-corrected chi connectivity index (χ2v) is 16.8. The molecular weight excluding hydrogens is 761 g/mol. The van der Waals surface area contributed by atoms with Gasteiger partial charge < -0.3 is 4.57 Å². The number of benzene rings is 9. The molecule has 284 valence electrons. The molecule has 13 rings (SSSR count). The fourth-order valence-corrected chi connectivity index (χ4v) is 10.6. The maximum absolute atomic E-state index is 5.46. The van der Waals surface area contributed by atoms with Gasteiger partial charge in [-0.05, 0) is 92.8 Å². The van der Waals surface area contributed by atoms with E-state index in [-0.39, 0.29) is 0 Å². The number of hydrogen-bond donors (Lipinski definition) is 0. The fraction of sp³-hybridized carbons (Fsp3) is 0. The van der Waals surface area contributed by atoms with Gasteiger partial charge in [0.05, 0.1) is 38.0 Å². The second-order valence-electron chi connectivity index (χ2n) is 15.8. The molecule has 0 atom stereocenters. The van der Waals surface area contributed by atoms with Gasteiger partial charge in [0.2, 0.25) is 5.95 Å². The number of nitrogens with zero attached hydrogens (tertiary/aromatic N) is 4. The zero-order chi connectivity index (χ0) is 40.0. The molecule has 0 saturated carbocycles. The minimum atomic E-state index is 0.660. The Balaban J connectivity index is 1.06. The molecule has 4 aromatic heterocycles. The van der Waals surface area contributed by atoms with Crippen LogP contribution in [0.4, 0.5) is 0 Å². The van der Waals surface area contributed by atoms with Crippen LogP contribution < -0.4 is 0 Å². The molecule has 0 amide bonds. The van der Waals surface area contributed by atoms with Crippen molar-refractivity contribution in [2.45, 2.75) is 0 Å². The summed E-state index contributed by atoms with van der Waals surface area (Å²) < 4.78 is 5.77. The highest BCUT2D eigenvalue weighted by molar-refractivity contribution is 7.22. The van der Waals surface area contributed by atoms with Crippen LogP contribution in [-0.4, -0.2) is 19.1 Å². The van der Waals surface area contributed by atoms with Gasteiger partial charge in [-0.15, -0.1) is 11.3 Å². The summed E-state index contributed by atoms with van der Waals surface area (Å²) in [5.74, 6) is 0.660. The van der Waals surface area contributed by atoms with Gasteiger partial charge in [0.25, 0.3) is 0 Å². The third kappa shape index (κ3) is 5.31. The van der Waals surface area contributed by atoms with Crippen molar-refractivity contribution in [1.29, 1.82) is 0 Å². The van der Waals surface area contributed by atoms with Crippen molar-refractivity contribution in [3.05, 3.63) is 206 Å². The van der Waals surface area contributed by atoms with Crippen LogP contribution in [0.3, 0.4) is 0 Å². The maximum atomic E-state index is 5.46. The summed E-state index contributed by atoms with van der Waals surface area (Å²) in [5, 5.41) is 9.74. The van der Waals surface area contributed by atoms with Gasteiger partial charge in [0, 0.05) is 37.7 Å². The molecule has 5 heteroatoms. The van der Waals surface area contributed by atoms with Crippen LogP contribution >= 0.6 is 11.3 Å². The third-order valence-electron chi connectivity index (χ3n) is 12.3. The Kier molecular flexibility index (Phi) is 7.44. The van der Waals surface area contributed by atoms with Crippen LogP contribution in [0, 0.1) is 0 Å². The van der Waals surface area contributed by atoms with E-state index in [0.717, 1.165) is 54.7 Å². The summed E-state index contributed by atoms with van der Waals surface area (Å²) >= 11 is 1.75. The average Bonchev–Trinajstić information content (AvgIpc) is 4.01. The quantitative estimate of drug-likeness (QED) is 0.174. The highest BCUT2D eigenvalue weighted by atomic mass is 32.1. The molecular formula is C56H34N4S. The lowest BCUT2D eigenvalue weighted by molar-refractivity contribution is 1.02. The van der Waals surface area contributed by atoms with Crippen molar-refractivity contribution in [1.82, 2.24) is 19.1 Å². The van der Waals surface area contributed by atoms with E-state index < -0.39 is 0 Å². The fourth-order valence-electron chi connectivity index (χ4n) is 9.48. The average molecular weight is 795 g/mol. The molecule has 0 bridgehead atoms. The lowest BCUT2D eigenvalue weighted by Crippen LogP contribution is -2.02. The molecule has 0 radical (unpaired) electrons.